The highest BCUT2D eigenvalue weighted by molar-refractivity contribution is 5.48. The van der Waals surface area contributed by atoms with Crippen LogP contribution >= 0.6 is 0 Å². The molecule has 1 saturated heterocycles. The SMILES string of the molecule is CC/C=C/c1nc(N(CCCN2CCOCC2)Cc2cc(C)cc(C)c2)cc(C(F)(F)F)n1. The maximum atomic E-state index is 13.6. The van der Waals surface area contributed by atoms with Gasteiger partial charge < -0.3 is 9.64 Å². The van der Waals surface area contributed by atoms with Gasteiger partial charge in [-0.05, 0) is 38.3 Å². The van der Waals surface area contributed by atoms with Gasteiger partial charge in [0.05, 0.1) is 13.2 Å². The Morgan fingerprint density at radius 2 is 1.76 bits per heavy atom. The molecular formula is C25H33F3N4O. The summed E-state index contributed by atoms with van der Waals surface area (Å²) in [7, 11) is 0. The zero-order valence-corrected chi connectivity index (χ0v) is 19.7. The number of ether oxygens (including phenoxy) is 1. The van der Waals surface area contributed by atoms with Gasteiger partial charge in [0.25, 0.3) is 0 Å². The van der Waals surface area contributed by atoms with Crippen molar-refractivity contribution in [3.63, 3.8) is 0 Å². The van der Waals surface area contributed by atoms with Crippen molar-refractivity contribution >= 4 is 11.9 Å². The number of nitrogens with zero attached hydrogens (tertiary/aromatic N) is 4. The highest BCUT2D eigenvalue weighted by Gasteiger charge is 2.34. The lowest BCUT2D eigenvalue weighted by molar-refractivity contribution is -0.141. The van der Waals surface area contributed by atoms with Gasteiger partial charge in [-0.25, -0.2) is 9.97 Å². The fourth-order valence-electron chi connectivity index (χ4n) is 4.02. The van der Waals surface area contributed by atoms with Crippen LogP contribution in [0.5, 0.6) is 0 Å². The van der Waals surface area contributed by atoms with Crippen LogP contribution in [0.25, 0.3) is 6.08 Å². The number of hydrogen-bond acceptors (Lipinski definition) is 5. The normalized spacial score (nSPS) is 15.3. The highest BCUT2D eigenvalue weighted by atomic mass is 19.4. The molecule has 0 radical (unpaired) electrons. The van der Waals surface area contributed by atoms with E-state index < -0.39 is 11.9 Å². The van der Waals surface area contributed by atoms with E-state index in [0.717, 1.165) is 62.0 Å². The van der Waals surface area contributed by atoms with E-state index >= 15 is 0 Å². The van der Waals surface area contributed by atoms with Gasteiger partial charge in [-0.2, -0.15) is 13.2 Å². The van der Waals surface area contributed by atoms with Gasteiger partial charge in [0.1, 0.15) is 5.82 Å². The van der Waals surface area contributed by atoms with Crippen molar-refractivity contribution in [1.82, 2.24) is 14.9 Å². The number of rotatable bonds is 9. The van der Waals surface area contributed by atoms with E-state index in [1.807, 2.05) is 25.7 Å². The average molecular weight is 463 g/mol. The monoisotopic (exact) mass is 462 g/mol. The molecule has 1 aliphatic heterocycles. The second kappa shape index (κ2) is 11.6. The van der Waals surface area contributed by atoms with E-state index in [9.17, 15) is 13.2 Å². The molecule has 0 aliphatic carbocycles. The number of halogens is 3. The zero-order chi connectivity index (χ0) is 23.8. The summed E-state index contributed by atoms with van der Waals surface area (Å²) in [4.78, 5) is 12.5. The topological polar surface area (TPSA) is 41.5 Å². The number of benzene rings is 1. The van der Waals surface area contributed by atoms with Gasteiger partial charge in [0.2, 0.25) is 0 Å². The summed E-state index contributed by atoms with van der Waals surface area (Å²) in [6, 6.07) is 7.31. The maximum Gasteiger partial charge on any atom is 0.433 e. The van der Waals surface area contributed by atoms with Crippen LogP contribution in [0.15, 0.2) is 30.3 Å². The lowest BCUT2D eigenvalue weighted by Gasteiger charge is -2.29. The zero-order valence-electron chi connectivity index (χ0n) is 19.7. The van der Waals surface area contributed by atoms with Crippen molar-refractivity contribution in [2.24, 2.45) is 0 Å². The second-order valence-electron chi connectivity index (χ2n) is 8.50. The summed E-state index contributed by atoms with van der Waals surface area (Å²) < 4.78 is 46.2. The number of allylic oxidation sites excluding steroid dienone is 1. The Morgan fingerprint density at radius 1 is 1.06 bits per heavy atom. The maximum absolute atomic E-state index is 13.6. The molecule has 0 spiro atoms. The van der Waals surface area contributed by atoms with Gasteiger partial charge >= 0.3 is 6.18 Å². The molecule has 2 aromatic rings. The number of hydrogen-bond donors (Lipinski definition) is 0. The molecule has 1 fully saturated rings. The minimum absolute atomic E-state index is 0.0836. The third kappa shape index (κ3) is 7.82. The Kier molecular flexibility index (Phi) is 8.86. The fraction of sp³-hybridized carbons (Fsp3) is 0.520. The first-order valence-corrected chi connectivity index (χ1v) is 11.5. The van der Waals surface area contributed by atoms with Gasteiger partial charge in [-0.1, -0.05) is 42.3 Å². The summed E-state index contributed by atoms with van der Waals surface area (Å²) in [5.74, 6) is 0.384. The molecule has 0 amide bonds. The van der Waals surface area contributed by atoms with Crippen molar-refractivity contribution in [2.75, 3.05) is 44.3 Å². The third-order valence-corrected chi connectivity index (χ3v) is 5.51. The standard InChI is InChI=1S/C25H33F3N4O/c1-4-5-7-23-29-22(25(26,27)28)17-24(30-23)32(9-6-8-31-10-12-33-13-11-31)18-21-15-19(2)14-20(3)16-21/h5,7,14-17H,4,6,8-13,18H2,1-3H3/b7-5+. The van der Waals surface area contributed by atoms with Gasteiger partial charge in [0, 0.05) is 38.8 Å². The van der Waals surface area contributed by atoms with Gasteiger partial charge in [-0.15, -0.1) is 0 Å². The van der Waals surface area contributed by atoms with Crippen LogP contribution in [-0.2, 0) is 17.5 Å². The third-order valence-electron chi connectivity index (χ3n) is 5.51. The number of morpholine rings is 1. The Bertz CT molecular complexity index is 919. The molecule has 1 aromatic heterocycles. The van der Waals surface area contributed by atoms with Crippen LogP contribution in [0.2, 0.25) is 0 Å². The van der Waals surface area contributed by atoms with Crippen LogP contribution in [0.3, 0.4) is 0 Å². The van der Waals surface area contributed by atoms with Crippen LogP contribution in [0, 0.1) is 13.8 Å². The predicted molar refractivity (Wildman–Crippen MR) is 125 cm³/mol. The number of aromatic nitrogens is 2. The van der Waals surface area contributed by atoms with Gasteiger partial charge in [-0.3, -0.25) is 4.90 Å². The number of anilines is 1. The second-order valence-corrected chi connectivity index (χ2v) is 8.50. The summed E-state index contributed by atoms with van der Waals surface area (Å²) >= 11 is 0. The minimum atomic E-state index is -4.54. The Morgan fingerprint density at radius 3 is 2.39 bits per heavy atom. The minimum Gasteiger partial charge on any atom is -0.379 e. The lowest BCUT2D eigenvalue weighted by Crippen LogP contribution is -2.38. The quantitative estimate of drug-likeness (QED) is 0.508. The van der Waals surface area contributed by atoms with Crippen molar-refractivity contribution in [1.29, 1.82) is 0 Å². The smallest absolute Gasteiger partial charge is 0.379 e. The summed E-state index contributed by atoms with van der Waals surface area (Å²) in [6.45, 7) is 11.1. The molecule has 8 heteroatoms. The number of alkyl halides is 3. The van der Waals surface area contributed by atoms with E-state index in [2.05, 4.69) is 33.1 Å². The van der Waals surface area contributed by atoms with E-state index in [1.165, 1.54) is 0 Å². The molecule has 0 N–H and O–H groups in total. The van der Waals surface area contributed by atoms with Gasteiger partial charge in [0.15, 0.2) is 11.5 Å². The molecule has 0 saturated carbocycles. The van der Waals surface area contributed by atoms with Crippen molar-refractivity contribution in [3.8, 4) is 0 Å². The molecule has 180 valence electrons. The number of aryl methyl sites for hydroxylation is 2. The fourth-order valence-corrected chi connectivity index (χ4v) is 4.02. The molecule has 1 aliphatic rings. The highest BCUT2D eigenvalue weighted by Crippen LogP contribution is 2.30. The van der Waals surface area contributed by atoms with E-state index in [-0.39, 0.29) is 5.82 Å². The molecule has 1 aromatic carbocycles. The Labute approximate surface area is 194 Å². The predicted octanol–water partition coefficient (Wildman–Crippen LogP) is 5.26. The lowest BCUT2D eigenvalue weighted by atomic mass is 10.1. The van der Waals surface area contributed by atoms with E-state index in [1.54, 1.807) is 12.2 Å². The molecule has 2 heterocycles. The first-order valence-electron chi connectivity index (χ1n) is 11.5. The summed E-state index contributed by atoms with van der Waals surface area (Å²) in [6.07, 6.45) is 0.302. The largest absolute Gasteiger partial charge is 0.433 e. The van der Waals surface area contributed by atoms with Crippen LogP contribution < -0.4 is 4.90 Å². The van der Waals surface area contributed by atoms with Crippen LogP contribution in [0.1, 0.15) is 48.0 Å². The Balaban J connectivity index is 1.89. The molecule has 0 atom stereocenters. The summed E-state index contributed by atoms with van der Waals surface area (Å²) in [5.41, 5.74) is 2.39. The van der Waals surface area contributed by atoms with Crippen molar-refractivity contribution in [2.45, 2.75) is 46.3 Å². The Hall–Kier alpha value is -2.45. The molecular weight excluding hydrogens is 429 g/mol. The first kappa shape index (κ1) is 25.2. The molecule has 33 heavy (non-hydrogen) atoms. The average Bonchev–Trinajstić information content (AvgIpc) is 2.76. The molecule has 0 unspecified atom stereocenters. The van der Waals surface area contributed by atoms with Crippen LogP contribution in [0.4, 0.5) is 19.0 Å². The summed E-state index contributed by atoms with van der Waals surface area (Å²) in [5, 5.41) is 0. The molecule has 0 bridgehead atoms. The van der Waals surface area contributed by atoms with E-state index in [4.69, 9.17) is 4.74 Å². The van der Waals surface area contributed by atoms with Crippen molar-refractivity contribution in [3.05, 3.63) is 58.6 Å². The molecule has 3 rings (SSSR count). The van der Waals surface area contributed by atoms with Crippen molar-refractivity contribution < 1.29 is 17.9 Å². The van der Waals surface area contributed by atoms with E-state index in [0.29, 0.717) is 25.3 Å². The molecule has 5 nitrogen and oxygen atoms in total. The first-order chi connectivity index (χ1) is 15.7. The van der Waals surface area contributed by atoms with Crippen LogP contribution in [-0.4, -0.2) is 54.3 Å².